The summed E-state index contributed by atoms with van der Waals surface area (Å²) in [6.07, 6.45) is 4.78. The maximum atomic E-state index is 11.4. The summed E-state index contributed by atoms with van der Waals surface area (Å²) in [5.41, 5.74) is 2.84. The first-order valence-corrected chi connectivity index (χ1v) is 6.97. The van der Waals surface area contributed by atoms with E-state index in [1.807, 2.05) is 4.90 Å². The zero-order valence-corrected chi connectivity index (χ0v) is 11.5. The minimum atomic E-state index is 0.232. The molecule has 2 nitrogen and oxygen atoms in total. The van der Waals surface area contributed by atoms with E-state index in [-0.39, 0.29) is 5.91 Å². The van der Waals surface area contributed by atoms with Crippen molar-refractivity contribution >= 4 is 5.91 Å². The van der Waals surface area contributed by atoms with Gasteiger partial charge in [0, 0.05) is 20.0 Å². The van der Waals surface area contributed by atoms with Gasteiger partial charge in [-0.3, -0.25) is 4.79 Å². The van der Waals surface area contributed by atoms with Crippen LogP contribution in [0.25, 0.3) is 0 Å². The van der Waals surface area contributed by atoms with Gasteiger partial charge in [-0.25, -0.2) is 0 Å². The second kappa shape index (κ2) is 6.03. The number of hydrogen-bond donors (Lipinski definition) is 0. The Morgan fingerprint density at radius 3 is 2.89 bits per heavy atom. The minimum absolute atomic E-state index is 0.232. The fourth-order valence-corrected chi connectivity index (χ4v) is 2.84. The van der Waals surface area contributed by atoms with E-state index in [0.717, 1.165) is 25.9 Å². The maximum absolute atomic E-state index is 11.4. The first-order valence-electron chi connectivity index (χ1n) is 6.97. The van der Waals surface area contributed by atoms with Crippen LogP contribution in [0, 0.1) is 12.8 Å². The minimum Gasteiger partial charge on any atom is -0.343 e. The standard InChI is InChI=1S/C16H23NO/c1-13-6-3-4-8-16(13)10-9-15-7-5-11-17(12-15)14(2)18/h3-4,6,8,15H,5,7,9-12H2,1-2H3. The fourth-order valence-electron chi connectivity index (χ4n) is 2.84. The van der Waals surface area contributed by atoms with Gasteiger partial charge >= 0.3 is 0 Å². The molecule has 0 aliphatic carbocycles. The highest BCUT2D eigenvalue weighted by Crippen LogP contribution is 2.22. The number of piperidine rings is 1. The van der Waals surface area contributed by atoms with Gasteiger partial charge in [0.2, 0.25) is 5.91 Å². The highest BCUT2D eigenvalue weighted by Gasteiger charge is 2.21. The molecule has 1 atom stereocenters. The summed E-state index contributed by atoms with van der Waals surface area (Å²) in [5.74, 6) is 0.915. The molecule has 0 N–H and O–H groups in total. The van der Waals surface area contributed by atoms with Crippen molar-refractivity contribution in [3.8, 4) is 0 Å². The molecule has 2 rings (SSSR count). The van der Waals surface area contributed by atoms with Crippen molar-refractivity contribution in [3.63, 3.8) is 0 Å². The molecule has 98 valence electrons. The molecule has 1 aliphatic rings. The maximum Gasteiger partial charge on any atom is 0.219 e. The van der Waals surface area contributed by atoms with Crippen LogP contribution in [0.4, 0.5) is 0 Å². The molecule has 0 saturated carbocycles. The van der Waals surface area contributed by atoms with Crippen LogP contribution >= 0.6 is 0 Å². The van der Waals surface area contributed by atoms with Crippen molar-refractivity contribution in [2.45, 2.75) is 39.5 Å². The number of benzene rings is 1. The van der Waals surface area contributed by atoms with Gasteiger partial charge in [-0.2, -0.15) is 0 Å². The lowest BCUT2D eigenvalue weighted by Gasteiger charge is -2.32. The molecule has 0 radical (unpaired) electrons. The van der Waals surface area contributed by atoms with Gasteiger partial charge in [-0.1, -0.05) is 24.3 Å². The van der Waals surface area contributed by atoms with Gasteiger partial charge < -0.3 is 4.90 Å². The lowest BCUT2D eigenvalue weighted by molar-refractivity contribution is -0.130. The molecule has 1 amide bonds. The predicted molar refractivity (Wildman–Crippen MR) is 74.5 cm³/mol. The second-order valence-corrected chi connectivity index (χ2v) is 5.44. The number of rotatable bonds is 3. The van der Waals surface area contributed by atoms with Crippen LogP contribution in [0.5, 0.6) is 0 Å². The summed E-state index contributed by atoms with van der Waals surface area (Å²) >= 11 is 0. The Balaban J connectivity index is 1.87. The Morgan fingerprint density at radius 2 is 2.17 bits per heavy atom. The number of nitrogens with zero attached hydrogens (tertiary/aromatic N) is 1. The molecular formula is C16H23NO. The Hall–Kier alpha value is -1.31. The molecule has 1 saturated heterocycles. The average molecular weight is 245 g/mol. The Kier molecular flexibility index (Phi) is 4.40. The SMILES string of the molecule is CC(=O)N1CCCC(CCc2ccccc2C)C1. The Bertz CT molecular complexity index is 413. The van der Waals surface area contributed by atoms with Crippen LogP contribution < -0.4 is 0 Å². The molecule has 1 aromatic carbocycles. The summed E-state index contributed by atoms with van der Waals surface area (Å²) in [6, 6.07) is 8.61. The summed E-state index contributed by atoms with van der Waals surface area (Å²) in [7, 11) is 0. The van der Waals surface area contributed by atoms with Crippen molar-refractivity contribution < 1.29 is 4.79 Å². The number of amides is 1. The molecule has 0 aromatic heterocycles. The lowest BCUT2D eigenvalue weighted by atomic mass is 9.90. The second-order valence-electron chi connectivity index (χ2n) is 5.44. The number of aryl methyl sites for hydroxylation is 2. The number of likely N-dealkylation sites (tertiary alicyclic amines) is 1. The molecule has 1 aliphatic heterocycles. The molecule has 18 heavy (non-hydrogen) atoms. The van der Waals surface area contributed by atoms with Crippen LogP contribution in [-0.2, 0) is 11.2 Å². The highest BCUT2D eigenvalue weighted by molar-refractivity contribution is 5.73. The van der Waals surface area contributed by atoms with Crippen molar-refractivity contribution in [1.29, 1.82) is 0 Å². The van der Waals surface area contributed by atoms with E-state index in [2.05, 4.69) is 31.2 Å². The van der Waals surface area contributed by atoms with Gasteiger partial charge in [-0.15, -0.1) is 0 Å². The van der Waals surface area contributed by atoms with E-state index >= 15 is 0 Å². The van der Waals surface area contributed by atoms with E-state index in [1.54, 1.807) is 6.92 Å². The first kappa shape index (κ1) is 13.1. The van der Waals surface area contributed by atoms with Crippen LogP contribution in [0.3, 0.4) is 0 Å². The highest BCUT2D eigenvalue weighted by atomic mass is 16.2. The number of carbonyl (C=O) groups excluding carboxylic acids is 1. The average Bonchev–Trinajstić information content (AvgIpc) is 2.38. The fraction of sp³-hybridized carbons (Fsp3) is 0.562. The quantitative estimate of drug-likeness (QED) is 0.801. The van der Waals surface area contributed by atoms with E-state index in [0.29, 0.717) is 5.92 Å². The predicted octanol–water partition coefficient (Wildman–Crippen LogP) is 3.19. The largest absolute Gasteiger partial charge is 0.343 e. The van der Waals surface area contributed by atoms with E-state index in [4.69, 9.17) is 0 Å². The normalized spacial score (nSPS) is 19.9. The smallest absolute Gasteiger partial charge is 0.219 e. The number of carbonyl (C=O) groups is 1. The molecule has 2 heteroatoms. The van der Waals surface area contributed by atoms with Crippen LogP contribution in [-0.4, -0.2) is 23.9 Å². The Morgan fingerprint density at radius 1 is 1.39 bits per heavy atom. The first-order chi connectivity index (χ1) is 8.66. The van der Waals surface area contributed by atoms with Crippen LogP contribution in [0.1, 0.15) is 37.3 Å². The third-order valence-corrected chi connectivity index (χ3v) is 4.05. The van der Waals surface area contributed by atoms with E-state index < -0.39 is 0 Å². The van der Waals surface area contributed by atoms with Crippen molar-refractivity contribution in [3.05, 3.63) is 35.4 Å². The van der Waals surface area contributed by atoms with Crippen LogP contribution in [0.15, 0.2) is 24.3 Å². The molecule has 0 bridgehead atoms. The topological polar surface area (TPSA) is 20.3 Å². The Labute approximate surface area is 110 Å². The summed E-state index contributed by atoms with van der Waals surface area (Å²) in [6.45, 7) is 5.78. The van der Waals surface area contributed by atoms with E-state index in [1.165, 1.54) is 24.0 Å². The lowest BCUT2D eigenvalue weighted by Crippen LogP contribution is -2.38. The van der Waals surface area contributed by atoms with Gasteiger partial charge in [0.1, 0.15) is 0 Å². The third-order valence-electron chi connectivity index (χ3n) is 4.05. The molecule has 1 aromatic rings. The monoisotopic (exact) mass is 245 g/mol. The third kappa shape index (κ3) is 3.34. The van der Waals surface area contributed by atoms with Crippen molar-refractivity contribution in [2.75, 3.05) is 13.1 Å². The van der Waals surface area contributed by atoms with Crippen molar-refractivity contribution in [2.24, 2.45) is 5.92 Å². The van der Waals surface area contributed by atoms with Gasteiger partial charge in [0.25, 0.3) is 0 Å². The van der Waals surface area contributed by atoms with Gasteiger partial charge in [0.05, 0.1) is 0 Å². The molecule has 1 unspecified atom stereocenters. The van der Waals surface area contributed by atoms with Gasteiger partial charge in [0.15, 0.2) is 0 Å². The summed E-state index contributed by atoms with van der Waals surface area (Å²) in [4.78, 5) is 13.4. The molecule has 1 heterocycles. The van der Waals surface area contributed by atoms with Crippen LogP contribution in [0.2, 0.25) is 0 Å². The molecule has 1 fully saturated rings. The molecular weight excluding hydrogens is 222 g/mol. The summed E-state index contributed by atoms with van der Waals surface area (Å²) in [5, 5.41) is 0. The van der Waals surface area contributed by atoms with E-state index in [9.17, 15) is 4.79 Å². The van der Waals surface area contributed by atoms with Gasteiger partial charge in [-0.05, 0) is 49.7 Å². The molecule has 0 spiro atoms. The zero-order chi connectivity index (χ0) is 13.0. The van der Waals surface area contributed by atoms with Crippen molar-refractivity contribution in [1.82, 2.24) is 4.90 Å². The number of hydrogen-bond acceptors (Lipinski definition) is 1. The zero-order valence-electron chi connectivity index (χ0n) is 11.5. The summed E-state index contributed by atoms with van der Waals surface area (Å²) < 4.78 is 0.